The molecule has 0 aliphatic carbocycles. The lowest BCUT2D eigenvalue weighted by Crippen LogP contribution is -2.37. The van der Waals surface area contributed by atoms with Crippen LogP contribution in [-0.2, 0) is 7.05 Å². The maximum atomic E-state index is 13.2. The third-order valence-corrected chi connectivity index (χ3v) is 5.10. The summed E-state index contributed by atoms with van der Waals surface area (Å²) < 4.78 is 8.05. The molecule has 27 heavy (non-hydrogen) atoms. The molecule has 9 heteroatoms. The zero-order valence-electron chi connectivity index (χ0n) is 16.1. The second kappa shape index (κ2) is 8.69. The number of methoxy groups -OCH3 is 1. The summed E-state index contributed by atoms with van der Waals surface area (Å²) in [5.74, 6) is 0.571. The van der Waals surface area contributed by atoms with Gasteiger partial charge in [0.2, 0.25) is 0 Å². The summed E-state index contributed by atoms with van der Waals surface area (Å²) in [6.45, 7) is 3.15. The van der Waals surface area contributed by atoms with E-state index in [0.29, 0.717) is 23.1 Å². The van der Waals surface area contributed by atoms with Crippen molar-refractivity contribution in [3.8, 4) is 5.75 Å². The number of fused-ring (bicyclic) bond motifs is 1. The topological polar surface area (TPSA) is 63.5 Å². The van der Waals surface area contributed by atoms with Crippen LogP contribution in [-0.4, -0.2) is 59.9 Å². The first-order valence-corrected chi connectivity index (χ1v) is 9.12. The Bertz CT molecular complexity index is 937. The maximum absolute atomic E-state index is 13.2. The largest absolute Gasteiger partial charge is 0.494 e. The molecule has 0 unspecified atom stereocenters. The van der Waals surface area contributed by atoms with Crippen LogP contribution in [0, 0.1) is 6.92 Å². The molecule has 3 rings (SSSR count). The predicted octanol–water partition coefficient (Wildman–Crippen LogP) is 2.98. The summed E-state index contributed by atoms with van der Waals surface area (Å²) in [6, 6.07) is 5.79. The fraction of sp³-hybridized carbons (Fsp3) is 0.389. The van der Waals surface area contributed by atoms with Crippen LogP contribution in [0.2, 0.25) is 0 Å². The Labute approximate surface area is 169 Å². The fourth-order valence-corrected chi connectivity index (χ4v) is 3.73. The monoisotopic (exact) mass is 409 g/mol. The molecule has 0 aliphatic heterocycles. The minimum absolute atomic E-state index is 0. The predicted molar refractivity (Wildman–Crippen MR) is 112 cm³/mol. The van der Waals surface area contributed by atoms with Crippen molar-refractivity contribution in [2.75, 3.05) is 39.2 Å². The number of ether oxygens (including phenoxy) is 1. The van der Waals surface area contributed by atoms with Gasteiger partial charge in [-0.05, 0) is 33.2 Å². The Balaban J connectivity index is 0.00000261. The molecule has 146 valence electrons. The first-order valence-electron chi connectivity index (χ1n) is 8.31. The minimum Gasteiger partial charge on any atom is -0.494 e. The molecular formula is C18H24ClN5O2S. The van der Waals surface area contributed by atoms with Crippen molar-refractivity contribution in [1.82, 2.24) is 19.7 Å². The first kappa shape index (κ1) is 21.1. The van der Waals surface area contributed by atoms with Crippen molar-refractivity contribution in [2.45, 2.75) is 6.92 Å². The fourth-order valence-electron chi connectivity index (χ4n) is 2.72. The standard InChI is InChI=1S/C18H23N5O2S.ClH/c1-12-11-22(4)20-15(12)17(24)23(10-9-21(2)3)18-19-16-13(25-5)7-6-8-14(16)26-18;/h6-8,11H,9-10H2,1-5H3;1H. The Morgan fingerprint density at radius 3 is 2.63 bits per heavy atom. The van der Waals surface area contributed by atoms with Crippen LogP contribution < -0.4 is 9.64 Å². The van der Waals surface area contributed by atoms with E-state index in [4.69, 9.17) is 9.72 Å². The number of aryl methyl sites for hydroxylation is 2. The van der Waals surface area contributed by atoms with Gasteiger partial charge in [-0.2, -0.15) is 5.10 Å². The Hall–Kier alpha value is -2.16. The van der Waals surface area contributed by atoms with Gasteiger partial charge in [-0.25, -0.2) is 4.98 Å². The van der Waals surface area contributed by atoms with Crippen molar-refractivity contribution in [3.63, 3.8) is 0 Å². The first-order chi connectivity index (χ1) is 12.4. The molecular weight excluding hydrogens is 386 g/mol. The van der Waals surface area contributed by atoms with Gasteiger partial charge in [-0.15, -0.1) is 12.4 Å². The van der Waals surface area contributed by atoms with Crippen LogP contribution in [0.5, 0.6) is 5.75 Å². The third-order valence-electron chi connectivity index (χ3n) is 4.05. The highest BCUT2D eigenvalue weighted by Gasteiger charge is 2.25. The molecule has 0 radical (unpaired) electrons. The Morgan fingerprint density at radius 1 is 1.30 bits per heavy atom. The lowest BCUT2D eigenvalue weighted by atomic mass is 10.2. The van der Waals surface area contributed by atoms with Gasteiger partial charge >= 0.3 is 0 Å². The molecule has 2 heterocycles. The van der Waals surface area contributed by atoms with Gasteiger partial charge in [0.15, 0.2) is 10.8 Å². The zero-order valence-corrected chi connectivity index (χ0v) is 17.7. The molecule has 1 amide bonds. The van der Waals surface area contributed by atoms with Crippen molar-refractivity contribution in [1.29, 1.82) is 0 Å². The average molecular weight is 410 g/mol. The molecule has 3 aromatic rings. The lowest BCUT2D eigenvalue weighted by Gasteiger charge is -2.21. The molecule has 0 fully saturated rings. The van der Waals surface area contributed by atoms with E-state index in [-0.39, 0.29) is 18.3 Å². The van der Waals surface area contributed by atoms with Crippen molar-refractivity contribution in [3.05, 3.63) is 35.7 Å². The van der Waals surface area contributed by atoms with E-state index < -0.39 is 0 Å². The molecule has 0 spiro atoms. The quantitative estimate of drug-likeness (QED) is 0.626. The van der Waals surface area contributed by atoms with Crippen LogP contribution in [0.3, 0.4) is 0 Å². The second-order valence-electron chi connectivity index (χ2n) is 6.40. The van der Waals surface area contributed by atoms with E-state index >= 15 is 0 Å². The molecule has 0 saturated heterocycles. The van der Waals surface area contributed by atoms with Gasteiger partial charge in [0.25, 0.3) is 5.91 Å². The van der Waals surface area contributed by atoms with E-state index in [9.17, 15) is 4.79 Å². The number of anilines is 1. The van der Waals surface area contributed by atoms with Gasteiger partial charge in [-0.3, -0.25) is 14.4 Å². The molecule has 1 aromatic carbocycles. The number of halogens is 1. The van der Waals surface area contributed by atoms with Crippen molar-refractivity contribution in [2.24, 2.45) is 7.05 Å². The molecule has 0 bridgehead atoms. The van der Waals surface area contributed by atoms with Gasteiger partial charge in [0.05, 0.1) is 11.8 Å². The molecule has 0 N–H and O–H groups in total. The number of aromatic nitrogens is 3. The highest BCUT2D eigenvalue weighted by molar-refractivity contribution is 7.22. The van der Waals surface area contributed by atoms with Gasteiger partial charge < -0.3 is 9.64 Å². The number of para-hydroxylation sites is 1. The molecule has 0 atom stereocenters. The summed E-state index contributed by atoms with van der Waals surface area (Å²) in [5, 5.41) is 4.99. The summed E-state index contributed by atoms with van der Waals surface area (Å²) >= 11 is 1.48. The van der Waals surface area contributed by atoms with Gasteiger partial charge in [-0.1, -0.05) is 17.4 Å². The number of likely N-dealkylation sites (N-methyl/N-ethyl adjacent to an activating group) is 1. The molecule has 0 aliphatic rings. The molecule has 7 nitrogen and oxygen atoms in total. The number of benzene rings is 1. The van der Waals surface area contributed by atoms with Crippen LogP contribution in [0.4, 0.5) is 5.13 Å². The van der Waals surface area contributed by atoms with E-state index in [0.717, 1.165) is 22.3 Å². The number of carbonyl (C=O) groups is 1. The van der Waals surface area contributed by atoms with Crippen LogP contribution in [0.15, 0.2) is 24.4 Å². The lowest BCUT2D eigenvalue weighted by molar-refractivity contribution is 0.0979. The normalized spacial score (nSPS) is 10.9. The maximum Gasteiger partial charge on any atom is 0.280 e. The van der Waals surface area contributed by atoms with E-state index in [1.807, 2.05) is 57.4 Å². The van der Waals surface area contributed by atoms with Crippen LogP contribution in [0.25, 0.3) is 10.2 Å². The molecule has 2 aromatic heterocycles. The molecule has 0 saturated carbocycles. The van der Waals surface area contributed by atoms with E-state index in [1.165, 1.54) is 11.3 Å². The Morgan fingerprint density at radius 2 is 2.04 bits per heavy atom. The third kappa shape index (κ3) is 4.40. The van der Waals surface area contributed by atoms with Crippen molar-refractivity contribution >= 4 is 45.0 Å². The summed E-state index contributed by atoms with van der Waals surface area (Å²) in [4.78, 5) is 21.6. The van der Waals surface area contributed by atoms with Crippen molar-refractivity contribution < 1.29 is 9.53 Å². The SMILES string of the molecule is COc1cccc2sc(N(CCN(C)C)C(=O)c3nn(C)cc3C)nc12.Cl. The van der Waals surface area contributed by atoms with E-state index in [2.05, 4.69) is 5.10 Å². The second-order valence-corrected chi connectivity index (χ2v) is 7.41. The van der Waals surface area contributed by atoms with Crippen LogP contribution >= 0.6 is 23.7 Å². The summed E-state index contributed by atoms with van der Waals surface area (Å²) in [7, 11) is 7.41. The number of amides is 1. The number of thiazole rings is 1. The van der Waals surface area contributed by atoms with E-state index in [1.54, 1.807) is 16.7 Å². The number of nitrogens with zero attached hydrogens (tertiary/aromatic N) is 5. The smallest absolute Gasteiger partial charge is 0.280 e. The minimum atomic E-state index is -0.136. The summed E-state index contributed by atoms with van der Waals surface area (Å²) in [5.41, 5.74) is 2.08. The average Bonchev–Trinajstić information content (AvgIpc) is 3.16. The zero-order chi connectivity index (χ0) is 18.8. The number of hydrogen-bond donors (Lipinski definition) is 0. The number of rotatable bonds is 6. The highest BCUT2D eigenvalue weighted by Crippen LogP contribution is 2.34. The number of carbonyl (C=O) groups excluding carboxylic acids is 1. The highest BCUT2D eigenvalue weighted by atomic mass is 35.5. The van der Waals surface area contributed by atoms with Crippen LogP contribution in [0.1, 0.15) is 16.1 Å². The van der Waals surface area contributed by atoms with Gasteiger partial charge in [0.1, 0.15) is 11.3 Å². The summed E-state index contributed by atoms with van der Waals surface area (Å²) in [6.07, 6.45) is 1.85. The Kier molecular flexibility index (Phi) is 6.80. The number of hydrogen-bond acceptors (Lipinski definition) is 6. The van der Waals surface area contributed by atoms with Gasteiger partial charge in [0, 0.05) is 31.9 Å².